The Balaban J connectivity index is 1.38. The molecule has 0 saturated heterocycles. The number of nitrogens with zero attached hydrogens (tertiary/aromatic N) is 2. The van der Waals surface area contributed by atoms with Crippen molar-refractivity contribution < 1.29 is 21.6 Å². The first kappa shape index (κ1) is 26.8. The molecule has 1 aliphatic heterocycles. The predicted octanol–water partition coefficient (Wildman–Crippen LogP) is 2.62. The molecule has 2 aromatic carbocycles. The van der Waals surface area contributed by atoms with Gasteiger partial charge >= 0.3 is 0 Å². The zero-order valence-corrected chi connectivity index (χ0v) is 22.0. The Hall–Kier alpha value is -3.26. The fourth-order valence-electron chi connectivity index (χ4n) is 3.60. The van der Waals surface area contributed by atoms with E-state index < -0.39 is 20.0 Å². The lowest BCUT2D eigenvalue weighted by Crippen LogP contribution is -2.26. The molecular weight excluding hydrogens is 516 g/mol. The van der Waals surface area contributed by atoms with Crippen molar-refractivity contribution >= 4 is 37.5 Å². The van der Waals surface area contributed by atoms with Crippen molar-refractivity contribution in [2.45, 2.75) is 36.0 Å². The maximum atomic E-state index is 12.6. The molecule has 0 spiro atoms. The van der Waals surface area contributed by atoms with Crippen LogP contribution in [-0.2, 0) is 26.5 Å². The van der Waals surface area contributed by atoms with E-state index in [1.165, 1.54) is 18.3 Å². The number of sulfonamides is 2. The molecule has 0 aliphatic carbocycles. The zero-order chi connectivity index (χ0) is 26.3. The molecule has 4 N–H and O–H groups in total. The summed E-state index contributed by atoms with van der Waals surface area (Å²) in [6, 6.07) is 13.3. The van der Waals surface area contributed by atoms with E-state index in [9.17, 15) is 16.8 Å². The summed E-state index contributed by atoms with van der Waals surface area (Å²) in [7, 11) is -7.23. The third-order valence-electron chi connectivity index (χ3n) is 5.58. The van der Waals surface area contributed by atoms with Gasteiger partial charge in [0.05, 0.1) is 22.6 Å². The first-order chi connectivity index (χ1) is 17.8. The molecule has 1 aromatic heterocycles. The van der Waals surface area contributed by atoms with E-state index in [1.807, 2.05) is 13.0 Å². The van der Waals surface area contributed by atoms with Crippen molar-refractivity contribution in [3.63, 3.8) is 0 Å². The number of hydrogen-bond acceptors (Lipinski definition) is 9. The molecule has 0 unspecified atom stereocenters. The van der Waals surface area contributed by atoms with Crippen LogP contribution in [0.3, 0.4) is 0 Å². The minimum absolute atomic E-state index is 0.151. The van der Waals surface area contributed by atoms with E-state index in [0.717, 1.165) is 12.0 Å². The molecule has 0 fully saturated rings. The largest absolute Gasteiger partial charge is 0.488 e. The first-order valence-electron chi connectivity index (χ1n) is 12.0. The van der Waals surface area contributed by atoms with Gasteiger partial charge in [0.1, 0.15) is 0 Å². The fourth-order valence-corrected chi connectivity index (χ4v) is 5.86. The van der Waals surface area contributed by atoms with Crippen molar-refractivity contribution in [1.82, 2.24) is 19.4 Å². The average molecular weight is 547 g/mol. The monoisotopic (exact) mass is 546 g/mol. The second-order valence-corrected chi connectivity index (χ2v) is 11.9. The SMILES string of the molecule is CCc1cccc(S(=O)(=O)NCCCOc2cnc3nc2NCCCNS(=O)(=O)c2cccc(c2)N3)c1. The van der Waals surface area contributed by atoms with Gasteiger partial charge in [-0.05, 0) is 55.2 Å². The number of hydrogen-bond donors (Lipinski definition) is 4. The molecule has 11 nitrogen and oxygen atoms in total. The summed E-state index contributed by atoms with van der Waals surface area (Å²) in [6.07, 6.45) is 3.23. The highest BCUT2D eigenvalue weighted by Gasteiger charge is 2.17. The van der Waals surface area contributed by atoms with Crippen LogP contribution in [0.4, 0.5) is 17.5 Å². The summed E-state index contributed by atoms with van der Waals surface area (Å²) in [6.45, 7) is 3.12. The van der Waals surface area contributed by atoms with Gasteiger partial charge in [0.25, 0.3) is 0 Å². The standard InChI is InChI=1S/C24H30N6O5S2/c1-2-18-7-3-9-20(15-18)36(31,32)28-13-6-14-35-22-17-26-24-29-19-8-4-10-21(16-19)37(33,34)27-12-5-11-25-23(22)30-24/h3-4,7-10,15-17,27-28H,2,5-6,11-14H2,1H3,(H2,25,26,29,30). The van der Waals surface area contributed by atoms with Crippen LogP contribution in [0.15, 0.2) is 64.5 Å². The van der Waals surface area contributed by atoms with Crippen molar-refractivity contribution in [3.05, 3.63) is 60.3 Å². The molecule has 0 atom stereocenters. The third-order valence-corrected chi connectivity index (χ3v) is 8.50. The summed E-state index contributed by atoms with van der Waals surface area (Å²) < 4.78 is 61.1. The molecule has 4 rings (SSSR count). The fraction of sp³-hybridized carbons (Fsp3) is 0.333. The summed E-state index contributed by atoms with van der Waals surface area (Å²) in [5, 5.41) is 6.18. The Morgan fingerprint density at radius 3 is 2.78 bits per heavy atom. The first-order valence-corrected chi connectivity index (χ1v) is 14.9. The van der Waals surface area contributed by atoms with Crippen molar-refractivity contribution in [3.8, 4) is 5.75 Å². The molecule has 0 saturated carbocycles. The predicted molar refractivity (Wildman–Crippen MR) is 141 cm³/mol. The summed E-state index contributed by atoms with van der Waals surface area (Å²) >= 11 is 0. The second-order valence-electron chi connectivity index (χ2n) is 8.34. The van der Waals surface area contributed by atoms with Crippen molar-refractivity contribution in [1.29, 1.82) is 0 Å². The Kier molecular flexibility index (Phi) is 8.59. The van der Waals surface area contributed by atoms with Crippen molar-refractivity contribution in [2.24, 2.45) is 0 Å². The Morgan fingerprint density at radius 1 is 1.11 bits per heavy atom. The average Bonchev–Trinajstić information content (AvgIpc) is 2.89. The molecule has 4 bridgehead atoms. The van der Waals surface area contributed by atoms with Crippen LogP contribution in [0.25, 0.3) is 0 Å². The number of anilines is 3. The van der Waals surface area contributed by atoms with Gasteiger partial charge in [-0.15, -0.1) is 0 Å². The number of benzene rings is 2. The van der Waals surface area contributed by atoms with Crippen molar-refractivity contribution in [2.75, 3.05) is 36.9 Å². The molecule has 0 radical (unpaired) electrons. The van der Waals surface area contributed by atoms with Gasteiger partial charge in [0.2, 0.25) is 26.0 Å². The van der Waals surface area contributed by atoms with Gasteiger partial charge in [-0.2, -0.15) is 4.98 Å². The molecule has 3 aromatic rings. The van der Waals surface area contributed by atoms with Crippen LogP contribution in [0, 0.1) is 0 Å². The highest BCUT2D eigenvalue weighted by Crippen LogP contribution is 2.25. The molecule has 0 amide bonds. The lowest BCUT2D eigenvalue weighted by Gasteiger charge is -2.14. The minimum atomic E-state index is -3.63. The summed E-state index contributed by atoms with van der Waals surface area (Å²) in [5.74, 6) is 1.14. The quantitative estimate of drug-likeness (QED) is 0.313. The normalized spacial score (nSPS) is 15.3. The number of aryl methyl sites for hydroxylation is 1. The topological polar surface area (TPSA) is 151 Å². The number of nitrogens with one attached hydrogen (secondary N) is 4. The molecule has 198 valence electrons. The molecule has 13 heteroatoms. The second kappa shape index (κ2) is 11.9. The van der Waals surface area contributed by atoms with E-state index >= 15 is 0 Å². The molecule has 37 heavy (non-hydrogen) atoms. The summed E-state index contributed by atoms with van der Waals surface area (Å²) in [5.41, 5.74) is 1.48. The van der Waals surface area contributed by atoms with Crippen LogP contribution in [0.2, 0.25) is 0 Å². The lowest BCUT2D eigenvalue weighted by atomic mass is 10.2. The van der Waals surface area contributed by atoms with E-state index in [-0.39, 0.29) is 35.4 Å². The Morgan fingerprint density at radius 2 is 1.95 bits per heavy atom. The molecule has 1 aliphatic rings. The Bertz CT molecular complexity index is 1450. The van der Waals surface area contributed by atoms with E-state index in [0.29, 0.717) is 36.6 Å². The smallest absolute Gasteiger partial charge is 0.240 e. The third kappa shape index (κ3) is 7.16. The van der Waals surface area contributed by atoms with E-state index in [1.54, 1.807) is 30.3 Å². The van der Waals surface area contributed by atoms with Gasteiger partial charge in [-0.1, -0.05) is 25.1 Å². The van der Waals surface area contributed by atoms with Crippen LogP contribution in [-0.4, -0.2) is 53.0 Å². The highest BCUT2D eigenvalue weighted by molar-refractivity contribution is 7.89. The molecule has 2 heterocycles. The maximum Gasteiger partial charge on any atom is 0.240 e. The van der Waals surface area contributed by atoms with Crippen LogP contribution in [0.1, 0.15) is 25.3 Å². The Labute approximate surface area is 217 Å². The van der Waals surface area contributed by atoms with Gasteiger partial charge in [-0.3, -0.25) is 0 Å². The van der Waals surface area contributed by atoms with Gasteiger partial charge < -0.3 is 15.4 Å². The zero-order valence-electron chi connectivity index (χ0n) is 20.4. The number of fused-ring (bicyclic) bond motifs is 4. The summed E-state index contributed by atoms with van der Waals surface area (Å²) in [4.78, 5) is 9.16. The van der Waals surface area contributed by atoms with Crippen LogP contribution >= 0.6 is 0 Å². The van der Waals surface area contributed by atoms with Crippen LogP contribution in [0.5, 0.6) is 5.75 Å². The highest BCUT2D eigenvalue weighted by atomic mass is 32.2. The number of ether oxygens (including phenoxy) is 1. The van der Waals surface area contributed by atoms with E-state index in [4.69, 9.17) is 4.74 Å². The number of rotatable bonds is 8. The number of aromatic nitrogens is 2. The van der Waals surface area contributed by atoms with Gasteiger partial charge in [0, 0.05) is 25.3 Å². The minimum Gasteiger partial charge on any atom is -0.488 e. The van der Waals surface area contributed by atoms with Gasteiger partial charge in [-0.25, -0.2) is 31.3 Å². The maximum absolute atomic E-state index is 12.6. The van der Waals surface area contributed by atoms with Crippen LogP contribution < -0.4 is 24.8 Å². The molecular formula is C24H30N6O5S2. The van der Waals surface area contributed by atoms with E-state index in [2.05, 4.69) is 30.0 Å². The lowest BCUT2D eigenvalue weighted by molar-refractivity contribution is 0.310. The van der Waals surface area contributed by atoms with Gasteiger partial charge in [0.15, 0.2) is 11.6 Å².